The van der Waals surface area contributed by atoms with Crippen molar-refractivity contribution in [3.8, 4) is 0 Å². The quantitative estimate of drug-likeness (QED) is 0.855. The summed E-state index contributed by atoms with van der Waals surface area (Å²) >= 11 is 0. The molecular weight excluding hydrogens is 236 g/mol. The first-order chi connectivity index (χ1) is 8.66. The molecule has 0 amide bonds. The highest BCUT2D eigenvalue weighted by Crippen LogP contribution is 2.18. The van der Waals surface area contributed by atoms with Crippen LogP contribution in [0.1, 0.15) is 29.8 Å². The Kier molecular flexibility index (Phi) is 4.09. The molecule has 0 radical (unpaired) electrons. The maximum atomic E-state index is 11.5. The lowest BCUT2D eigenvalue weighted by atomic mass is 9.97. The maximum Gasteiger partial charge on any atom is 0.356 e. The van der Waals surface area contributed by atoms with Crippen LogP contribution in [0.3, 0.4) is 0 Å². The van der Waals surface area contributed by atoms with E-state index in [-0.39, 0.29) is 11.3 Å². The predicted octanol–water partition coefficient (Wildman–Crippen LogP) is 0.758. The standard InChI is InChI=1S/C12H16N2O4/c15-11-2-1-10(12(16)17)13-14(11)6-3-9-4-7-18-8-5-9/h1-2,9H,3-8H2,(H,16,17). The van der Waals surface area contributed by atoms with Crippen LogP contribution in [0.25, 0.3) is 0 Å². The number of hydrogen-bond acceptors (Lipinski definition) is 4. The summed E-state index contributed by atoms with van der Waals surface area (Å²) in [7, 11) is 0. The smallest absolute Gasteiger partial charge is 0.356 e. The molecule has 1 aromatic heterocycles. The number of carboxylic acid groups (broad SMARTS) is 1. The number of aromatic carboxylic acids is 1. The molecule has 1 aliphatic heterocycles. The van der Waals surface area contributed by atoms with Crippen LogP contribution >= 0.6 is 0 Å². The van der Waals surface area contributed by atoms with Gasteiger partial charge in [0.05, 0.1) is 0 Å². The number of nitrogens with zero attached hydrogens (tertiary/aromatic N) is 2. The molecule has 6 heteroatoms. The third-order valence-corrected chi connectivity index (χ3v) is 3.18. The number of aryl methyl sites for hydroxylation is 1. The van der Waals surface area contributed by atoms with Gasteiger partial charge in [0.15, 0.2) is 5.69 Å². The van der Waals surface area contributed by atoms with E-state index in [1.807, 2.05) is 0 Å². The zero-order valence-electron chi connectivity index (χ0n) is 10.0. The summed E-state index contributed by atoms with van der Waals surface area (Å²) < 4.78 is 6.50. The zero-order valence-corrected chi connectivity index (χ0v) is 10.0. The number of hydrogen-bond donors (Lipinski definition) is 1. The maximum absolute atomic E-state index is 11.5. The molecular formula is C12H16N2O4. The van der Waals surface area contributed by atoms with Gasteiger partial charge in [0.2, 0.25) is 0 Å². The van der Waals surface area contributed by atoms with Gasteiger partial charge in [-0.25, -0.2) is 9.48 Å². The fourth-order valence-electron chi connectivity index (χ4n) is 2.06. The van der Waals surface area contributed by atoms with Crippen LogP contribution in [0.4, 0.5) is 0 Å². The molecule has 0 aromatic carbocycles. The summed E-state index contributed by atoms with van der Waals surface area (Å²) in [5, 5.41) is 12.7. The average Bonchev–Trinajstić information content (AvgIpc) is 2.38. The third-order valence-electron chi connectivity index (χ3n) is 3.18. The lowest BCUT2D eigenvalue weighted by Gasteiger charge is -2.21. The van der Waals surface area contributed by atoms with Crippen LogP contribution in [-0.4, -0.2) is 34.1 Å². The minimum atomic E-state index is -1.12. The number of ether oxygens (including phenoxy) is 1. The van der Waals surface area contributed by atoms with Crippen molar-refractivity contribution in [3.05, 3.63) is 28.2 Å². The molecule has 0 atom stereocenters. The van der Waals surface area contributed by atoms with Crippen molar-refractivity contribution >= 4 is 5.97 Å². The molecule has 6 nitrogen and oxygen atoms in total. The normalized spacial score (nSPS) is 16.7. The second-order valence-corrected chi connectivity index (χ2v) is 4.43. The SMILES string of the molecule is O=C(O)c1ccc(=O)n(CCC2CCOCC2)n1. The molecule has 1 aromatic rings. The second-order valence-electron chi connectivity index (χ2n) is 4.43. The minimum absolute atomic E-state index is 0.0958. The van der Waals surface area contributed by atoms with E-state index in [0.717, 1.165) is 32.5 Å². The van der Waals surface area contributed by atoms with Crippen LogP contribution in [0.5, 0.6) is 0 Å². The first kappa shape index (κ1) is 12.8. The first-order valence-electron chi connectivity index (χ1n) is 6.06. The molecule has 1 N–H and O–H groups in total. The number of rotatable bonds is 4. The van der Waals surface area contributed by atoms with E-state index in [1.165, 1.54) is 16.8 Å². The molecule has 98 valence electrons. The summed E-state index contributed by atoms with van der Waals surface area (Å²) in [6.07, 6.45) is 2.82. The minimum Gasteiger partial charge on any atom is -0.476 e. The Balaban J connectivity index is 2.01. The number of aromatic nitrogens is 2. The second kappa shape index (κ2) is 5.77. The summed E-state index contributed by atoms with van der Waals surface area (Å²) in [5.74, 6) is -0.587. The Morgan fingerprint density at radius 2 is 2.17 bits per heavy atom. The van der Waals surface area contributed by atoms with Gasteiger partial charge in [-0.2, -0.15) is 5.10 Å². The molecule has 18 heavy (non-hydrogen) atoms. The Morgan fingerprint density at radius 1 is 1.44 bits per heavy atom. The molecule has 0 unspecified atom stereocenters. The van der Waals surface area contributed by atoms with E-state index in [4.69, 9.17) is 9.84 Å². The van der Waals surface area contributed by atoms with Gasteiger partial charge in [-0.05, 0) is 31.2 Å². The van der Waals surface area contributed by atoms with Crippen LogP contribution < -0.4 is 5.56 Å². The number of carboxylic acids is 1. The van der Waals surface area contributed by atoms with Crippen LogP contribution in [0, 0.1) is 5.92 Å². The van der Waals surface area contributed by atoms with Crippen molar-refractivity contribution < 1.29 is 14.6 Å². The summed E-state index contributed by atoms with van der Waals surface area (Å²) in [4.78, 5) is 22.3. The van der Waals surface area contributed by atoms with E-state index in [1.54, 1.807) is 0 Å². The predicted molar refractivity (Wildman–Crippen MR) is 63.6 cm³/mol. The summed E-state index contributed by atoms with van der Waals surface area (Å²) in [6.45, 7) is 1.99. The summed E-state index contributed by atoms with van der Waals surface area (Å²) in [5.41, 5.74) is -0.353. The van der Waals surface area contributed by atoms with Crippen molar-refractivity contribution in [2.75, 3.05) is 13.2 Å². The zero-order chi connectivity index (χ0) is 13.0. The highest BCUT2D eigenvalue weighted by Gasteiger charge is 2.14. The van der Waals surface area contributed by atoms with Crippen molar-refractivity contribution in [1.82, 2.24) is 9.78 Å². The number of carbonyl (C=O) groups is 1. The molecule has 0 bridgehead atoms. The van der Waals surface area contributed by atoms with Gasteiger partial charge in [-0.15, -0.1) is 0 Å². The Morgan fingerprint density at radius 3 is 2.83 bits per heavy atom. The third kappa shape index (κ3) is 3.16. The van der Waals surface area contributed by atoms with Crippen LogP contribution in [-0.2, 0) is 11.3 Å². The van der Waals surface area contributed by atoms with Gasteiger partial charge in [-0.1, -0.05) is 0 Å². The van der Waals surface area contributed by atoms with Gasteiger partial charge < -0.3 is 9.84 Å². The van der Waals surface area contributed by atoms with Crippen molar-refractivity contribution in [1.29, 1.82) is 0 Å². The van der Waals surface area contributed by atoms with E-state index in [9.17, 15) is 9.59 Å². The molecule has 1 saturated heterocycles. The molecule has 1 aliphatic rings. The molecule has 1 fully saturated rings. The first-order valence-corrected chi connectivity index (χ1v) is 6.06. The Hall–Kier alpha value is -1.69. The van der Waals surface area contributed by atoms with E-state index < -0.39 is 5.97 Å². The van der Waals surface area contributed by atoms with Gasteiger partial charge in [-0.3, -0.25) is 4.79 Å². The molecule has 0 saturated carbocycles. The van der Waals surface area contributed by atoms with Gasteiger partial charge in [0, 0.05) is 25.8 Å². The molecule has 0 spiro atoms. The van der Waals surface area contributed by atoms with E-state index >= 15 is 0 Å². The molecule has 0 aliphatic carbocycles. The fraction of sp³-hybridized carbons (Fsp3) is 0.583. The highest BCUT2D eigenvalue weighted by molar-refractivity contribution is 5.84. The van der Waals surface area contributed by atoms with E-state index in [0.29, 0.717) is 12.5 Å². The van der Waals surface area contributed by atoms with Crippen LogP contribution in [0.15, 0.2) is 16.9 Å². The largest absolute Gasteiger partial charge is 0.476 e. The average molecular weight is 252 g/mol. The van der Waals surface area contributed by atoms with Crippen molar-refractivity contribution in [2.45, 2.75) is 25.8 Å². The van der Waals surface area contributed by atoms with E-state index in [2.05, 4.69) is 5.10 Å². The van der Waals surface area contributed by atoms with Crippen molar-refractivity contribution in [3.63, 3.8) is 0 Å². The lowest BCUT2D eigenvalue weighted by molar-refractivity contribution is 0.0620. The molecule has 2 heterocycles. The van der Waals surface area contributed by atoms with Gasteiger partial charge >= 0.3 is 5.97 Å². The van der Waals surface area contributed by atoms with Crippen LogP contribution in [0.2, 0.25) is 0 Å². The fourth-order valence-corrected chi connectivity index (χ4v) is 2.06. The Labute approximate surface area is 104 Å². The van der Waals surface area contributed by atoms with Gasteiger partial charge in [0.1, 0.15) is 0 Å². The monoisotopic (exact) mass is 252 g/mol. The lowest BCUT2D eigenvalue weighted by Crippen LogP contribution is -2.26. The topological polar surface area (TPSA) is 81.4 Å². The summed E-state index contributed by atoms with van der Waals surface area (Å²) in [6, 6.07) is 2.48. The van der Waals surface area contributed by atoms with Crippen molar-refractivity contribution in [2.24, 2.45) is 5.92 Å². The van der Waals surface area contributed by atoms with Gasteiger partial charge in [0.25, 0.3) is 5.56 Å². The Bertz CT molecular complexity index is 477. The molecule has 2 rings (SSSR count). The highest BCUT2D eigenvalue weighted by atomic mass is 16.5.